The molecule has 2 heterocycles. The van der Waals surface area contributed by atoms with E-state index in [4.69, 9.17) is 10.5 Å². The Hall–Kier alpha value is -1.79. The predicted octanol–water partition coefficient (Wildman–Crippen LogP) is 4.16. The number of H-pyrrole nitrogens is 1. The monoisotopic (exact) mass is 349 g/mol. The van der Waals surface area contributed by atoms with Gasteiger partial charge in [-0.15, -0.1) is 11.3 Å². The molecular formula is C14H12BrN3OS. The van der Waals surface area contributed by atoms with Gasteiger partial charge >= 0.3 is 0 Å². The van der Waals surface area contributed by atoms with Crippen molar-refractivity contribution in [1.29, 1.82) is 0 Å². The highest BCUT2D eigenvalue weighted by Gasteiger charge is 2.16. The molecular weight excluding hydrogens is 338 g/mol. The van der Waals surface area contributed by atoms with Crippen LogP contribution in [-0.2, 0) is 0 Å². The van der Waals surface area contributed by atoms with Gasteiger partial charge in [-0.05, 0) is 39.7 Å². The second-order valence-electron chi connectivity index (χ2n) is 4.23. The Morgan fingerprint density at radius 3 is 2.85 bits per heavy atom. The molecule has 0 spiro atoms. The molecule has 20 heavy (non-hydrogen) atoms. The second kappa shape index (κ2) is 5.30. The van der Waals surface area contributed by atoms with Crippen molar-refractivity contribution in [2.75, 3.05) is 12.8 Å². The fourth-order valence-electron chi connectivity index (χ4n) is 2.08. The third-order valence-electron chi connectivity index (χ3n) is 3.01. The Morgan fingerprint density at radius 2 is 2.15 bits per heavy atom. The molecule has 4 nitrogen and oxygen atoms in total. The summed E-state index contributed by atoms with van der Waals surface area (Å²) in [6.45, 7) is 0. The summed E-state index contributed by atoms with van der Waals surface area (Å²) in [5.41, 5.74) is 9.87. The van der Waals surface area contributed by atoms with Crippen LogP contribution in [-0.4, -0.2) is 17.3 Å². The second-order valence-corrected chi connectivity index (χ2v) is 6.52. The number of thiophene rings is 1. The first-order chi connectivity index (χ1) is 9.69. The van der Waals surface area contributed by atoms with Crippen molar-refractivity contribution in [2.24, 2.45) is 0 Å². The topological polar surface area (TPSA) is 63.9 Å². The van der Waals surface area contributed by atoms with E-state index >= 15 is 0 Å². The van der Waals surface area contributed by atoms with Crippen LogP contribution in [0.1, 0.15) is 0 Å². The lowest BCUT2D eigenvalue weighted by atomic mass is 10.0. The molecule has 0 atom stereocenters. The number of ether oxygens (including phenoxy) is 1. The minimum atomic E-state index is 0.482. The highest BCUT2D eigenvalue weighted by molar-refractivity contribution is 9.11. The van der Waals surface area contributed by atoms with Crippen LogP contribution in [0.4, 0.5) is 5.82 Å². The lowest BCUT2D eigenvalue weighted by Crippen LogP contribution is -1.89. The summed E-state index contributed by atoms with van der Waals surface area (Å²) in [4.78, 5) is 0. The first-order valence-electron chi connectivity index (χ1n) is 5.91. The van der Waals surface area contributed by atoms with Crippen molar-refractivity contribution in [3.05, 3.63) is 39.5 Å². The summed E-state index contributed by atoms with van der Waals surface area (Å²) in [5.74, 6) is 1.27. The number of rotatable bonds is 3. The smallest absolute Gasteiger partial charge is 0.153 e. The van der Waals surface area contributed by atoms with Gasteiger partial charge in [0.1, 0.15) is 5.75 Å². The van der Waals surface area contributed by atoms with Crippen LogP contribution in [0.25, 0.3) is 22.4 Å². The van der Waals surface area contributed by atoms with E-state index in [1.165, 1.54) is 0 Å². The number of hydrogen-bond acceptors (Lipinski definition) is 4. The first kappa shape index (κ1) is 13.2. The molecule has 0 amide bonds. The third-order valence-corrected chi connectivity index (χ3v) is 4.51. The number of nitrogens with zero attached hydrogens (tertiary/aromatic N) is 1. The molecule has 0 fully saturated rings. The van der Waals surface area contributed by atoms with Crippen molar-refractivity contribution in [3.8, 4) is 28.1 Å². The maximum Gasteiger partial charge on any atom is 0.153 e. The number of nitrogens with one attached hydrogen (secondary N) is 1. The zero-order chi connectivity index (χ0) is 14.1. The standard InChI is InChI=1S/C14H12BrN3OS/c1-19-10-4-2-3-8(5-10)12-13(17-18-14(12)16)9-6-11(15)20-7-9/h2-7H,1H3,(H3,16,17,18). The predicted molar refractivity (Wildman–Crippen MR) is 86.0 cm³/mol. The molecule has 102 valence electrons. The minimum absolute atomic E-state index is 0.482. The maximum atomic E-state index is 6.02. The number of methoxy groups -OCH3 is 1. The van der Waals surface area contributed by atoms with Crippen molar-refractivity contribution in [2.45, 2.75) is 0 Å². The molecule has 0 unspecified atom stereocenters. The summed E-state index contributed by atoms with van der Waals surface area (Å²) in [7, 11) is 1.65. The van der Waals surface area contributed by atoms with E-state index in [2.05, 4.69) is 31.5 Å². The van der Waals surface area contributed by atoms with E-state index in [1.54, 1.807) is 18.4 Å². The van der Waals surface area contributed by atoms with Gasteiger partial charge in [0, 0.05) is 10.9 Å². The fraction of sp³-hybridized carbons (Fsp3) is 0.0714. The van der Waals surface area contributed by atoms with E-state index in [-0.39, 0.29) is 0 Å². The Kier molecular flexibility index (Phi) is 3.50. The number of nitrogens with two attached hydrogens (primary N) is 1. The highest BCUT2D eigenvalue weighted by Crippen LogP contribution is 2.38. The molecule has 0 aliphatic rings. The van der Waals surface area contributed by atoms with Crippen LogP contribution in [0.5, 0.6) is 5.75 Å². The summed E-state index contributed by atoms with van der Waals surface area (Å²) >= 11 is 5.10. The van der Waals surface area contributed by atoms with E-state index in [9.17, 15) is 0 Å². The summed E-state index contributed by atoms with van der Waals surface area (Å²) < 4.78 is 6.33. The van der Waals surface area contributed by atoms with E-state index < -0.39 is 0 Å². The Balaban J connectivity index is 2.15. The molecule has 0 saturated carbocycles. The van der Waals surface area contributed by atoms with Crippen molar-refractivity contribution in [1.82, 2.24) is 10.2 Å². The largest absolute Gasteiger partial charge is 0.497 e. The number of anilines is 1. The number of halogens is 1. The molecule has 3 aromatic rings. The van der Waals surface area contributed by atoms with Gasteiger partial charge in [-0.2, -0.15) is 5.10 Å². The number of aromatic amines is 1. The lowest BCUT2D eigenvalue weighted by Gasteiger charge is -2.05. The van der Waals surface area contributed by atoms with Crippen LogP contribution in [0.3, 0.4) is 0 Å². The molecule has 0 aliphatic heterocycles. The Morgan fingerprint density at radius 1 is 1.30 bits per heavy atom. The maximum absolute atomic E-state index is 6.02. The zero-order valence-electron chi connectivity index (χ0n) is 10.7. The molecule has 0 saturated heterocycles. The summed E-state index contributed by atoms with van der Waals surface area (Å²) in [5, 5.41) is 9.20. The van der Waals surface area contributed by atoms with Gasteiger partial charge in [0.2, 0.25) is 0 Å². The van der Waals surface area contributed by atoms with E-state index in [1.807, 2.05) is 30.3 Å². The van der Waals surface area contributed by atoms with Crippen LogP contribution in [0.2, 0.25) is 0 Å². The average Bonchev–Trinajstić information content (AvgIpc) is 3.05. The normalized spacial score (nSPS) is 10.7. The van der Waals surface area contributed by atoms with Gasteiger partial charge in [-0.25, -0.2) is 0 Å². The number of benzene rings is 1. The quantitative estimate of drug-likeness (QED) is 0.746. The van der Waals surface area contributed by atoms with E-state index in [0.717, 1.165) is 31.9 Å². The third kappa shape index (κ3) is 2.32. The van der Waals surface area contributed by atoms with Crippen LogP contribution < -0.4 is 10.5 Å². The molecule has 0 aliphatic carbocycles. The molecule has 3 rings (SSSR count). The van der Waals surface area contributed by atoms with E-state index in [0.29, 0.717) is 5.82 Å². The Labute approximate surface area is 128 Å². The molecule has 1 aromatic carbocycles. The lowest BCUT2D eigenvalue weighted by molar-refractivity contribution is 0.415. The van der Waals surface area contributed by atoms with Gasteiger partial charge in [0.05, 0.1) is 22.2 Å². The van der Waals surface area contributed by atoms with Gasteiger partial charge in [-0.1, -0.05) is 12.1 Å². The van der Waals surface area contributed by atoms with Gasteiger partial charge < -0.3 is 10.5 Å². The van der Waals surface area contributed by atoms with Gasteiger partial charge in [-0.3, -0.25) is 5.10 Å². The number of aromatic nitrogens is 2. The van der Waals surface area contributed by atoms with Crippen molar-refractivity contribution < 1.29 is 4.74 Å². The minimum Gasteiger partial charge on any atom is -0.497 e. The van der Waals surface area contributed by atoms with Crippen LogP contribution in [0, 0.1) is 0 Å². The molecule has 0 bridgehead atoms. The highest BCUT2D eigenvalue weighted by atomic mass is 79.9. The zero-order valence-corrected chi connectivity index (χ0v) is 13.1. The summed E-state index contributed by atoms with van der Waals surface area (Å²) in [6, 6.07) is 9.83. The van der Waals surface area contributed by atoms with Crippen LogP contribution >= 0.6 is 27.3 Å². The fourth-order valence-corrected chi connectivity index (χ4v) is 3.22. The van der Waals surface area contributed by atoms with Gasteiger partial charge in [0.25, 0.3) is 0 Å². The number of nitrogen functional groups attached to an aromatic ring is 1. The average molecular weight is 350 g/mol. The first-order valence-corrected chi connectivity index (χ1v) is 7.59. The Bertz CT molecular complexity index is 750. The molecule has 0 radical (unpaired) electrons. The van der Waals surface area contributed by atoms with Crippen LogP contribution in [0.15, 0.2) is 39.5 Å². The van der Waals surface area contributed by atoms with Gasteiger partial charge in [0.15, 0.2) is 5.82 Å². The van der Waals surface area contributed by atoms with Crippen molar-refractivity contribution in [3.63, 3.8) is 0 Å². The number of hydrogen-bond donors (Lipinski definition) is 2. The molecule has 3 N–H and O–H groups in total. The molecule has 6 heteroatoms. The SMILES string of the molecule is COc1cccc(-c2c(N)n[nH]c2-c2csc(Br)c2)c1. The molecule has 2 aromatic heterocycles. The van der Waals surface area contributed by atoms with Crippen molar-refractivity contribution >= 4 is 33.1 Å². The summed E-state index contributed by atoms with van der Waals surface area (Å²) in [6.07, 6.45) is 0.